The zero-order chi connectivity index (χ0) is 32.4. The molecule has 9 nitrogen and oxygen atoms in total. The van der Waals surface area contributed by atoms with Gasteiger partial charge in [0.15, 0.2) is 17.3 Å². The molecule has 2 atom stereocenters. The molecule has 2 aromatic rings. The molecule has 12 heteroatoms. The van der Waals surface area contributed by atoms with Crippen LogP contribution in [0.4, 0.5) is 0 Å². The fourth-order valence-electron chi connectivity index (χ4n) is 4.58. The number of hydrogen-bond donors (Lipinski definition) is 0. The van der Waals surface area contributed by atoms with Gasteiger partial charge in [0.05, 0.1) is 22.0 Å². The van der Waals surface area contributed by atoms with E-state index in [2.05, 4.69) is 10.1 Å². The molecule has 3 heterocycles. The molecular formula is C32H36ClN3O6S2. The molecule has 0 spiro atoms. The first-order chi connectivity index (χ1) is 20.6. The molecule has 2 aliphatic heterocycles. The van der Waals surface area contributed by atoms with Crippen molar-refractivity contribution in [1.29, 1.82) is 0 Å². The number of fused-ring (bicyclic) bond motifs is 1. The van der Waals surface area contributed by atoms with Crippen molar-refractivity contribution in [3.63, 3.8) is 0 Å². The van der Waals surface area contributed by atoms with Gasteiger partial charge in [-0.05, 0) is 58.2 Å². The van der Waals surface area contributed by atoms with E-state index in [9.17, 15) is 19.2 Å². The maximum atomic E-state index is 13.6. The SMILES string of the molecule is CC(=O)C1=C(C=Cc2ccc(CCl)cc2)CS[C@@H]2[C@H](CC(=O)/C(=N\OC(C)(C)C(=O)OC(C)(C)C)c3csc(C)n3)C(=O)N12. The summed E-state index contributed by atoms with van der Waals surface area (Å²) in [7, 11) is 0. The molecule has 1 saturated heterocycles. The molecule has 44 heavy (non-hydrogen) atoms. The van der Waals surface area contributed by atoms with Crippen molar-refractivity contribution in [3.05, 3.63) is 68.8 Å². The summed E-state index contributed by atoms with van der Waals surface area (Å²) in [6.45, 7) is 11.5. The number of aryl methyl sites for hydroxylation is 1. The summed E-state index contributed by atoms with van der Waals surface area (Å²) in [4.78, 5) is 64.0. The number of esters is 1. The maximum Gasteiger partial charge on any atom is 0.353 e. The van der Waals surface area contributed by atoms with Crippen LogP contribution in [0, 0.1) is 12.8 Å². The number of carbonyl (C=O) groups is 4. The first-order valence-corrected chi connectivity index (χ1v) is 16.5. The molecule has 234 valence electrons. The Morgan fingerprint density at radius 2 is 1.82 bits per heavy atom. The number of nitrogens with zero attached hydrogens (tertiary/aromatic N) is 3. The summed E-state index contributed by atoms with van der Waals surface area (Å²) in [5.74, 6) is -1.34. The molecule has 0 saturated carbocycles. The number of thiazole rings is 1. The van der Waals surface area contributed by atoms with Gasteiger partial charge in [0.2, 0.25) is 11.5 Å². The molecule has 0 N–H and O–H groups in total. The highest BCUT2D eigenvalue weighted by Gasteiger charge is 2.53. The average Bonchev–Trinajstić information content (AvgIpc) is 3.39. The highest BCUT2D eigenvalue weighted by atomic mass is 35.5. The van der Waals surface area contributed by atoms with E-state index in [4.69, 9.17) is 21.2 Å². The normalized spacial score (nSPS) is 19.1. The molecule has 1 aromatic carbocycles. The van der Waals surface area contributed by atoms with E-state index in [-0.39, 0.29) is 29.2 Å². The molecule has 0 unspecified atom stereocenters. The lowest BCUT2D eigenvalue weighted by atomic mass is 9.88. The third-order valence-corrected chi connectivity index (χ3v) is 9.28. The Hall–Kier alpha value is -3.28. The van der Waals surface area contributed by atoms with Crippen LogP contribution in [-0.4, -0.2) is 61.4 Å². The number of carbonyl (C=O) groups excluding carboxylic acids is 4. The molecule has 0 aliphatic carbocycles. The summed E-state index contributed by atoms with van der Waals surface area (Å²) >= 11 is 8.72. The molecule has 2 aliphatic rings. The van der Waals surface area contributed by atoms with Gasteiger partial charge in [0, 0.05) is 30.4 Å². The Balaban J connectivity index is 1.53. The van der Waals surface area contributed by atoms with Crippen LogP contribution in [0.25, 0.3) is 6.08 Å². The zero-order valence-electron chi connectivity index (χ0n) is 25.8. The standard InChI is InChI=1S/C32H36ClN3O6S2/c1-18(37)27-22(13-12-20-8-10-21(15-33)11-9-20)16-44-29-23(28(39)36(27)29)14-25(38)26(24-17-43-19(2)34-24)35-42-32(6,7)30(40)41-31(3,4)5/h8-13,17,23,29H,14-16H2,1-7H3/b13-12?,35-26-/t23-,29-/m1/s1. The number of hydrogen-bond acceptors (Lipinski definition) is 10. The molecule has 1 amide bonds. The summed E-state index contributed by atoms with van der Waals surface area (Å²) in [6.07, 6.45) is 3.61. The Kier molecular flexibility index (Phi) is 10.2. The van der Waals surface area contributed by atoms with Gasteiger partial charge in [-0.1, -0.05) is 41.6 Å². The summed E-state index contributed by atoms with van der Waals surface area (Å²) in [5, 5.41) is 6.11. The van der Waals surface area contributed by atoms with E-state index in [1.807, 2.05) is 36.4 Å². The number of rotatable bonds is 11. The minimum atomic E-state index is -1.48. The van der Waals surface area contributed by atoms with Crippen LogP contribution in [0.5, 0.6) is 0 Å². The highest BCUT2D eigenvalue weighted by Crippen LogP contribution is 2.45. The van der Waals surface area contributed by atoms with Crippen LogP contribution in [0.1, 0.15) is 69.8 Å². The number of ketones is 2. The van der Waals surface area contributed by atoms with E-state index in [0.29, 0.717) is 28.0 Å². The molecule has 4 rings (SSSR count). The van der Waals surface area contributed by atoms with Gasteiger partial charge in [-0.15, -0.1) is 34.7 Å². The number of halogens is 1. The number of oxime groups is 1. The number of alkyl halides is 1. The van der Waals surface area contributed by atoms with Crippen LogP contribution in [-0.2, 0) is 34.6 Å². The van der Waals surface area contributed by atoms with Crippen LogP contribution in [0.3, 0.4) is 0 Å². The smallest absolute Gasteiger partial charge is 0.353 e. The monoisotopic (exact) mass is 657 g/mol. The lowest BCUT2D eigenvalue weighted by Gasteiger charge is -2.49. The predicted octanol–water partition coefficient (Wildman–Crippen LogP) is 6.08. The lowest BCUT2D eigenvalue weighted by Crippen LogP contribution is -2.61. The van der Waals surface area contributed by atoms with Crippen molar-refractivity contribution in [3.8, 4) is 0 Å². The minimum absolute atomic E-state index is 0.0795. The Bertz CT molecular complexity index is 1550. The van der Waals surface area contributed by atoms with E-state index in [0.717, 1.165) is 16.7 Å². The number of amides is 1. The van der Waals surface area contributed by atoms with Crippen molar-refractivity contribution >= 4 is 69.9 Å². The number of aromatic nitrogens is 1. The van der Waals surface area contributed by atoms with Crippen molar-refractivity contribution in [2.45, 2.75) is 77.3 Å². The molecule has 1 fully saturated rings. The van der Waals surface area contributed by atoms with Crippen LogP contribution in [0.2, 0.25) is 0 Å². The fourth-order valence-corrected chi connectivity index (χ4v) is 6.75. The maximum absolute atomic E-state index is 13.6. The predicted molar refractivity (Wildman–Crippen MR) is 173 cm³/mol. The molecule has 1 aromatic heterocycles. The van der Waals surface area contributed by atoms with Gasteiger partial charge < -0.3 is 9.57 Å². The van der Waals surface area contributed by atoms with Gasteiger partial charge in [-0.3, -0.25) is 19.3 Å². The second kappa shape index (κ2) is 13.4. The number of benzene rings is 1. The van der Waals surface area contributed by atoms with Crippen molar-refractivity contribution < 1.29 is 28.8 Å². The second-order valence-corrected chi connectivity index (χ2v) is 14.5. The fraction of sp³-hybridized carbons (Fsp3) is 0.438. The van der Waals surface area contributed by atoms with Crippen molar-refractivity contribution in [2.75, 3.05) is 5.75 Å². The molecule has 0 bridgehead atoms. The van der Waals surface area contributed by atoms with Gasteiger partial charge in [-0.25, -0.2) is 9.78 Å². The van der Waals surface area contributed by atoms with E-state index in [1.165, 1.54) is 48.8 Å². The summed E-state index contributed by atoms with van der Waals surface area (Å²) in [5.41, 5.74) is 1.05. The topological polar surface area (TPSA) is 115 Å². The number of β-lactam (4-membered cyclic amide) rings is 1. The average molecular weight is 658 g/mol. The number of allylic oxidation sites excluding steroid dienone is 2. The van der Waals surface area contributed by atoms with Crippen LogP contribution in [0.15, 0.2) is 52.1 Å². The van der Waals surface area contributed by atoms with E-state index in [1.54, 1.807) is 33.1 Å². The highest BCUT2D eigenvalue weighted by molar-refractivity contribution is 8.00. The van der Waals surface area contributed by atoms with Gasteiger partial charge in [-0.2, -0.15) is 0 Å². The summed E-state index contributed by atoms with van der Waals surface area (Å²) in [6, 6.07) is 7.76. The largest absolute Gasteiger partial charge is 0.457 e. The van der Waals surface area contributed by atoms with Gasteiger partial charge in [0.25, 0.3) is 0 Å². The third-order valence-electron chi connectivity index (χ3n) is 6.84. The van der Waals surface area contributed by atoms with Crippen molar-refractivity contribution in [1.82, 2.24) is 9.88 Å². The molecular weight excluding hydrogens is 622 g/mol. The Morgan fingerprint density at radius 1 is 1.14 bits per heavy atom. The van der Waals surface area contributed by atoms with Gasteiger partial charge >= 0.3 is 5.97 Å². The first-order valence-electron chi connectivity index (χ1n) is 14.1. The second-order valence-electron chi connectivity index (χ2n) is 12.1. The van der Waals surface area contributed by atoms with Crippen LogP contribution < -0.4 is 0 Å². The van der Waals surface area contributed by atoms with E-state index >= 15 is 0 Å². The first kappa shape index (κ1) is 33.6. The minimum Gasteiger partial charge on any atom is -0.457 e. The summed E-state index contributed by atoms with van der Waals surface area (Å²) < 4.78 is 5.43. The molecule has 0 radical (unpaired) electrons. The Morgan fingerprint density at radius 3 is 2.39 bits per heavy atom. The number of ether oxygens (including phenoxy) is 1. The third kappa shape index (κ3) is 7.68. The number of Topliss-reactive ketones (excluding diaryl/α,β-unsaturated/α-hetero) is 2. The zero-order valence-corrected chi connectivity index (χ0v) is 28.2. The van der Waals surface area contributed by atoms with Crippen LogP contribution >= 0.6 is 34.7 Å². The van der Waals surface area contributed by atoms with Crippen molar-refractivity contribution in [2.24, 2.45) is 11.1 Å². The van der Waals surface area contributed by atoms with E-state index < -0.39 is 28.9 Å². The number of thioether (sulfide) groups is 1. The quantitative estimate of drug-likeness (QED) is 0.0939. The Labute approximate surface area is 270 Å². The van der Waals surface area contributed by atoms with Gasteiger partial charge in [0.1, 0.15) is 11.3 Å². The lowest BCUT2D eigenvalue weighted by molar-refractivity contribution is -0.179.